The molecule has 0 atom stereocenters. The largest absolute Gasteiger partial charge is 0.477 e. The van der Waals surface area contributed by atoms with Crippen molar-refractivity contribution in [1.29, 1.82) is 0 Å². The first-order valence-corrected chi connectivity index (χ1v) is 8.05. The first kappa shape index (κ1) is 14.5. The summed E-state index contributed by atoms with van der Waals surface area (Å²) in [6, 6.07) is 9.72. The summed E-state index contributed by atoms with van der Waals surface area (Å²) in [7, 11) is 0. The number of fused-ring (bicyclic) bond motifs is 2. The Morgan fingerprint density at radius 1 is 1.17 bits per heavy atom. The van der Waals surface area contributed by atoms with Gasteiger partial charge < -0.3 is 10.4 Å². The van der Waals surface area contributed by atoms with Gasteiger partial charge in [0, 0.05) is 11.6 Å². The molecule has 0 aliphatic heterocycles. The van der Waals surface area contributed by atoms with Gasteiger partial charge in [-0.2, -0.15) is 0 Å². The average molecular weight is 336 g/mol. The predicted molar refractivity (Wildman–Crippen MR) is 94.1 cm³/mol. The quantitative estimate of drug-likeness (QED) is 0.588. The van der Waals surface area contributed by atoms with E-state index in [1.165, 1.54) is 6.33 Å². The van der Waals surface area contributed by atoms with E-state index >= 15 is 0 Å². The molecule has 0 aliphatic carbocycles. The molecule has 1 aromatic carbocycles. The number of aromatic carboxylic acids is 1. The van der Waals surface area contributed by atoms with Gasteiger partial charge in [-0.15, -0.1) is 11.3 Å². The van der Waals surface area contributed by atoms with Crippen LogP contribution in [0.3, 0.4) is 0 Å². The Kier molecular flexibility index (Phi) is 3.35. The van der Waals surface area contributed by atoms with Crippen LogP contribution in [0.5, 0.6) is 0 Å². The van der Waals surface area contributed by atoms with Crippen molar-refractivity contribution in [2.24, 2.45) is 0 Å². The van der Waals surface area contributed by atoms with Crippen LogP contribution in [-0.4, -0.2) is 26.0 Å². The minimum atomic E-state index is -0.951. The number of benzene rings is 1. The van der Waals surface area contributed by atoms with Crippen molar-refractivity contribution in [2.75, 3.05) is 5.32 Å². The number of carbonyl (C=O) groups is 1. The van der Waals surface area contributed by atoms with E-state index in [0.717, 1.165) is 33.3 Å². The second kappa shape index (κ2) is 5.54. The van der Waals surface area contributed by atoms with Gasteiger partial charge in [-0.25, -0.2) is 14.8 Å². The highest BCUT2D eigenvalue weighted by Crippen LogP contribution is 2.35. The number of rotatable bonds is 3. The van der Waals surface area contributed by atoms with E-state index in [1.54, 1.807) is 13.1 Å². The Hall–Kier alpha value is -3.06. The number of anilines is 2. The Morgan fingerprint density at radius 3 is 2.83 bits per heavy atom. The van der Waals surface area contributed by atoms with Crippen LogP contribution < -0.4 is 5.32 Å². The Balaban J connectivity index is 1.89. The zero-order valence-corrected chi connectivity index (χ0v) is 13.5. The van der Waals surface area contributed by atoms with Gasteiger partial charge in [0.25, 0.3) is 0 Å². The first-order chi connectivity index (χ1) is 11.6. The van der Waals surface area contributed by atoms with Crippen LogP contribution in [0.15, 0.2) is 42.9 Å². The number of aryl methyl sites for hydroxylation is 1. The van der Waals surface area contributed by atoms with Gasteiger partial charge in [0.2, 0.25) is 0 Å². The van der Waals surface area contributed by atoms with Crippen molar-refractivity contribution in [2.45, 2.75) is 6.92 Å². The minimum Gasteiger partial charge on any atom is -0.477 e. The van der Waals surface area contributed by atoms with Crippen molar-refractivity contribution in [3.05, 3.63) is 53.3 Å². The summed E-state index contributed by atoms with van der Waals surface area (Å²) in [6.07, 6.45) is 3.17. The van der Waals surface area contributed by atoms with Crippen molar-refractivity contribution in [3.8, 4) is 0 Å². The van der Waals surface area contributed by atoms with Gasteiger partial charge in [0.1, 0.15) is 21.9 Å². The lowest BCUT2D eigenvalue weighted by Crippen LogP contribution is -1.98. The molecule has 0 unspecified atom stereocenters. The topological polar surface area (TPSA) is 88.0 Å². The van der Waals surface area contributed by atoms with E-state index < -0.39 is 5.97 Å². The molecule has 3 aromatic heterocycles. The van der Waals surface area contributed by atoms with Crippen LogP contribution in [-0.2, 0) is 0 Å². The van der Waals surface area contributed by atoms with Crippen LogP contribution in [0.4, 0.5) is 11.5 Å². The number of hydrogen-bond acceptors (Lipinski definition) is 6. The van der Waals surface area contributed by atoms with E-state index in [2.05, 4.69) is 20.3 Å². The van der Waals surface area contributed by atoms with Crippen LogP contribution in [0, 0.1) is 6.92 Å². The number of carboxylic acid groups (broad SMARTS) is 1. The second-order valence-electron chi connectivity index (χ2n) is 5.27. The van der Waals surface area contributed by atoms with Crippen molar-refractivity contribution >= 4 is 49.9 Å². The molecule has 0 saturated carbocycles. The van der Waals surface area contributed by atoms with Crippen LogP contribution >= 0.6 is 11.3 Å². The minimum absolute atomic E-state index is 0.282. The number of aromatic nitrogens is 3. The number of pyridine rings is 1. The fourth-order valence-corrected chi connectivity index (χ4v) is 3.69. The predicted octanol–water partition coefficient (Wildman–Crippen LogP) is 3.99. The van der Waals surface area contributed by atoms with Gasteiger partial charge in [-0.1, -0.05) is 18.2 Å². The summed E-state index contributed by atoms with van der Waals surface area (Å²) >= 11 is 1.15. The summed E-state index contributed by atoms with van der Waals surface area (Å²) in [4.78, 5) is 25.2. The van der Waals surface area contributed by atoms with Gasteiger partial charge in [0.05, 0.1) is 16.6 Å². The summed E-state index contributed by atoms with van der Waals surface area (Å²) in [5.41, 5.74) is 2.31. The molecule has 0 saturated heterocycles. The van der Waals surface area contributed by atoms with Crippen molar-refractivity contribution in [1.82, 2.24) is 15.0 Å². The van der Waals surface area contributed by atoms with Gasteiger partial charge in [-0.05, 0) is 24.6 Å². The number of nitrogens with zero attached hydrogens (tertiary/aromatic N) is 3. The third kappa shape index (κ3) is 2.26. The molecule has 118 valence electrons. The highest BCUT2D eigenvalue weighted by atomic mass is 32.1. The number of para-hydroxylation sites is 1. The molecular weight excluding hydrogens is 324 g/mol. The molecule has 4 aromatic rings. The molecule has 4 rings (SSSR count). The Labute approximate surface area is 140 Å². The highest BCUT2D eigenvalue weighted by Gasteiger charge is 2.19. The SMILES string of the molecule is Cc1c(C(=O)O)sc2ncnc(Nc3cccc4cccnc34)c12. The van der Waals surface area contributed by atoms with Crippen LogP contribution in [0.25, 0.3) is 21.1 Å². The van der Waals surface area contributed by atoms with E-state index in [0.29, 0.717) is 16.2 Å². The number of nitrogens with one attached hydrogen (secondary N) is 1. The second-order valence-corrected chi connectivity index (χ2v) is 6.27. The number of hydrogen-bond donors (Lipinski definition) is 2. The van der Waals surface area contributed by atoms with E-state index in [9.17, 15) is 9.90 Å². The summed E-state index contributed by atoms with van der Waals surface area (Å²) in [5.74, 6) is -0.368. The third-order valence-electron chi connectivity index (χ3n) is 3.81. The van der Waals surface area contributed by atoms with Gasteiger partial charge in [0.15, 0.2) is 0 Å². The first-order valence-electron chi connectivity index (χ1n) is 7.23. The number of thiophene rings is 1. The maximum atomic E-state index is 11.4. The van der Waals surface area contributed by atoms with E-state index in [-0.39, 0.29) is 4.88 Å². The highest BCUT2D eigenvalue weighted by molar-refractivity contribution is 7.20. The zero-order chi connectivity index (χ0) is 16.7. The molecule has 24 heavy (non-hydrogen) atoms. The maximum Gasteiger partial charge on any atom is 0.346 e. The molecule has 0 spiro atoms. The van der Waals surface area contributed by atoms with Crippen molar-refractivity contribution in [3.63, 3.8) is 0 Å². The summed E-state index contributed by atoms with van der Waals surface area (Å²) in [5, 5.41) is 14.3. The molecule has 0 bridgehead atoms. The van der Waals surface area contributed by atoms with Gasteiger partial charge in [-0.3, -0.25) is 4.98 Å². The molecule has 0 fully saturated rings. The molecular formula is C17H12N4O2S. The molecule has 7 heteroatoms. The Bertz CT molecular complexity index is 1090. The molecule has 6 nitrogen and oxygen atoms in total. The lowest BCUT2D eigenvalue weighted by atomic mass is 10.1. The molecule has 2 N–H and O–H groups in total. The molecule has 3 heterocycles. The molecule has 0 radical (unpaired) electrons. The lowest BCUT2D eigenvalue weighted by Gasteiger charge is -2.09. The third-order valence-corrected chi connectivity index (χ3v) is 4.99. The fourth-order valence-electron chi connectivity index (χ4n) is 2.70. The van der Waals surface area contributed by atoms with E-state index in [4.69, 9.17) is 0 Å². The maximum absolute atomic E-state index is 11.4. The fraction of sp³-hybridized carbons (Fsp3) is 0.0588. The summed E-state index contributed by atoms with van der Waals surface area (Å²) < 4.78 is 0. The average Bonchev–Trinajstić information content (AvgIpc) is 2.93. The molecule has 0 aliphatic rings. The smallest absolute Gasteiger partial charge is 0.346 e. The standard InChI is InChI=1S/C17H12N4O2S/c1-9-12-15(19-8-20-16(12)24-14(9)17(22)23)21-11-6-2-4-10-5-3-7-18-13(10)11/h2-8H,1H3,(H,22,23)(H,19,20,21). The Morgan fingerprint density at radius 2 is 2.00 bits per heavy atom. The number of carboxylic acids is 1. The lowest BCUT2D eigenvalue weighted by molar-refractivity contribution is 0.0701. The zero-order valence-electron chi connectivity index (χ0n) is 12.6. The monoisotopic (exact) mass is 336 g/mol. The summed E-state index contributed by atoms with van der Waals surface area (Å²) in [6.45, 7) is 1.78. The van der Waals surface area contributed by atoms with Crippen molar-refractivity contribution < 1.29 is 9.90 Å². The normalized spacial score (nSPS) is 11.0. The van der Waals surface area contributed by atoms with Crippen LogP contribution in [0.2, 0.25) is 0 Å². The molecule has 0 amide bonds. The van der Waals surface area contributed by atoms with Crippen LogP contribution in [0.1, 0.15) is 15.2 Å². The van der Waals surface area contributed by atoms with Gasteiger partial charge >= 0.3 is 5.97 Å². The van der Waals surface area contributed by atoms with E-state index in [1.807, 2.05) is 30.3 Å².